The fourth-order valence-corrected chi connectivity index (χ4v) is 8.12. The fourth-order valence-electron chi connectivity index (χ4n) is 8.12. The number of rotatable bonds is 16. The lowest BCUT2D eigenvalue weighted by Gasteiger charge is -2.44. The molecule has 0 spiro atoms. The first-order valence-corrected chi connectivity index (χ1v) is 24.7. The summed E-state index contributed by atoms with van der Waals surface area (Å²) in [6.45, 7) is 18.2. The molecule has 2 aliphatic heterocycles. The maximum atomic E-state index is 14.2. The lowest BCUT2D eigenvalue weighted by molar-refractivity contribution is -0.148. The molecule has 6 unspecified atom stereocenters. The van der Waals surface area contributed by atoms with Gasteiger partial charge in [-0.25, -0.2) is 0 Å². The highest BCUT2D eigenvalue weighted by atomic mass is 16.2. The van der Waals surface area contributed by atoms with Crippen LogP contribution < -0.4 is 31.9 Å². The van der Waals surface area contributed by atoms with Crippen molar-refractivity contribution in [3.63, 3.8) is 0 Å². The van der Waals surface area contributed by atoms with Gasteiger partial charge in [0, 0.05) is 49.9 Å². The predicted octanol–water partition coefficient (Wildman–Crippen LogP) is 3.17. The van der Waals surface area contributed by atoms with Gasteiger partial charge < -0.3 is 56.3 Å². The molecule has 72 heavy (non-hydrogen) atoms. The van der Waals surface area contributed by atoms with E-state index in [0.29, 0.717) is 18.7 Å². The van der Waals surface area contributed by atoms with Gasteiger partial charge in [-0.1, -0.05) is 109 Å². The molecule has 0 radical (unpaired) electrons. The summed E-state index contributed by atoms with van der Waals surface area (Å²) < 4.78 is 0. The SMILES string of the molecule is CCNC.CNC(C)c1ccccc1.CNCC(=O)NC(C(=O)N1CCN(C(=O)c2ccc(C(=O)N3CCN(C(=O)C(NC=O)C(C)(C)C)C(C=O)C3)cc2)CC1C(=O)NC(C)c1ccccc1)C(C)(C)C. The number of hydrogen-bond acceptors (Lipinski definition) is 11. The Balaban J connectivity index is 0.000000844. The Hall–Kier alpha value is -6.50. The third-order valence-electron chi connectivity index (χ3n) is 12.6. The van der Waals surface area contributed by atoms with Gasteiger partial charge in [0.15, 0.2) is 0 Å². The van der Waals surface area contributed by atoms with E-state index in [1.54, 1.807) is 27.8 Å². The van der Waals surface area contributed by atoms with Gasteiger partial charge in [0.05, 0.1) is 19.1 Å². The third-order valence-corrected chi connectivity index (χ3v) is 12.6. The maximum Gasteiger partial charge on any atom is 0.253 e. The number of likely N-dealkylation sites (N-methyl/N-ethyl adjacent to an activating group) is 1. The van der Waals surface area contributed by atoms with Crippen LogP contribution in [0.1, 0.15) is 106 Å². The van der Waals surface area contributed by atoms with Crippen molar-refractivity contribution in [2.75, 3.05) is 73.5 Å². The fraction of sp³-hybridized carbons (Fsp3) is 0.519. The van der Waals surface area contributed by atoms with Gasteiger partial charge in [-0.3, -0.25) is 33.6 Å². The standard InChI is InChI=1S/C42H58N8O8.C9H13N.C3H9N/c1-27(28-12-10-9-11-13-28)45-36(54)32-24-48(19-21-50(32)40(58)35(42(5,6)7)46-33(53)22-43-8)38(56)30-16-14-29(15-17-30)37(55)47-18-20-49(31(23-47)25-51)39(57)34(44-26-52)41(2,3)4;1-8(10-2)9-6-4-3-5-7-9;1-3-4-2/h9-17,25-27,31-32,34-35,43H,18-24H2,1-8H3,(H,44,52)(H,45,54)(H,46,53);3-8,10H,1-2H3;4H,3H2,1-2H3. The number of benzene rings is 3. The van der Waals surface area contributed by atoms with Crippen molar-refractivity contribution in [1.82, 2.24) is 51.5 Å². The zero-order chi connectivity index (χ0) is 53.8. The molecule has 7 amide bonds. The summed E-state index contributed by atoms with van der Waals surface area (Å²) in [7, 11) is 5.53. The number of hydrogen-bond donors (Lipinski definition) is 6. The van der Waals surface area contributed by atoms with Crippen molar-refractivity contribution in [3.8, 4) is 0 Å². The highest BCUT2D eigenvalue weighted by molar-refractivity contribution is 5.99. The van der Waals surface area contributed by atoms with Crippen LogP contribution in [0.3, 0.4) is 0 Å². The van der Waals surface area contributed by atoms with Gasteiger partial charge in [0.25, 0.3) is 11.8 Å². The van der Waals surface area contributed by atoms with E-state index < -0.39 is 64.7 Å². The topological polar surface area (TPSA) is 222 Å². The lowest BCUT2D eigenvalue weighted by Crippen LogP contribution is -2.66. The lowest BCUT2D eigenvalue weighted by atomic mass is 9.85. The van der Waals surface area contributed by atoms with Crippen LogP contribution in [0.25, 0.3) is 0 Å². The first-order chi connectivity index (χ1) is 34.1. The molecule has 0 aliphatic carbocycles. The van der Waals surface area contributed by atoms with Crippen LogP contribution in [-0.2, 0) is 28.8 Å². The molecule has 3 aromatic carbocycles. The first kappa shape index (κ1) is 59.8. The molecule has 18 nitrogen and oxygen atoms in total. The Bertz CT molecular complexity index is 2230. The zero-order valence-corrected chi connectivity index (χ0v) is 44.4. The summed E-state index contributed by atoms with van der Waals surface area (Å²) in [5.74, 6) is -2.46. The number of carbonyl (C=O) groups is 8. The molecule has 394 valence electrons. The average Bonchev–Trinajstić information content (AvgIpc) is 3.38. The van der Waals surface area contributed by atoms with E-state index in [-0.39, 0.29) is 68.8 Å². The molecule has 3 aromatic rings. The molecule has 2 fully saturated rings. The second kappa shape index (κ2) is 28.5. The van der Waals surface area contributed by atoms with Crippen LogP contribution in [0.2, 0.25) is 0 Å². The monoisotopic (exact) mass is 997 g/mol. The molecule has 18 heteroatoms. The number of nitrogens with zero attached hydrogens (tertiary/aromatic N) is 4. The molecule has 0 saturated carbocycles. The van der Waals surface area contributed by atoms with E-state index in [9.17, 15) is 38.4 Å². The number of amides is 7. The van der Waals surface area contributed by atoms with Crippen LogP contribution in [0.4, 0.5) is 0 Å². The van der Waals surface area contributed by atoms with E-state index in [1.807, 2.05) is 78.2 Å². The molecule has 0 bridgehead atoms. The molecule has 2 heterocycles. The van der Waals surface area contributed by atoms with Crippen molar-refractivity contribution in [2.45, 2.75) is 98.6 Å². The van der Waals surface area contributed by atoms with Crippen LogP contribution >= 0.6 is 0 Å². The Labute approximate surface area is 426 Å². The second-order valence-corrected chi connectivity index (χ2v) is 20.1. The Morgan fingerprint density at radius 3 is 1.50 bits per heavy atom. The van der Waals surface area contributed by atoms with Crippen LogP contribution in [0, 0.1) is 10.8 Å². The second-order valence-electron chi connectivity index (χ2n) is 20.1. The molecule has 5 rings (SSSR count). The van der Waals surface area contributed by atoms with Crippen molar-refractivity contribution in [2.24, 2.45) is 10.8 Å². The van der Waals surface area contributed by atoms with Crippen molar-refractivity contribution in [3.05, 3.63) is 107 Å². The molecule has 2 aliphatic rings. The van der Waals surface area contributed by atoms with Crippen LogP contribution in [0.5, 0.6) is 0 Å². The minimum Gasteiger partial charge on any atom is -0.348 e. The highest BCUT2D eigenvalue weighted by Crippen LogP contribution is 2.26. The molecular formula is C54H80N10O8. The van der Waals surface area contributed by atoms with Crippen molar-refractivity contribution < 1.29 is 38.4 Å². The molecule has 0 aromatic heterocycles. The average molecular weight is 997 g/mol. The first-order valence-electron chi connectivity index (χ1n) is 24.7. The quantitative estimate of drug-likeness (QED) is 0.115. The smallest absolute Gasteiger partial charge is 0.253 e. The summed E-state index contributed by atoms with van der Waals surface area (Å²) in [4.78, 5) is 111. The predicted molar refractivity (Wildman–Crippen MR) is 280 cm³/mol. The van der Waals surface area contributed by atoms with E-state index >= 15 is 0 Å². The van der Waals surface area contributed by atoms with E-state index in [4.69, 9.17) is 0 Å². The number of piperazine rings is 2. The minimum absolute atomic E-state index is 0.00131. The number of aldehydes is 1. The normalized spacial score (nSPS) is 17.5. The zero-order valence-electron chi connectivity index (χ0n) is 44.4. The summed E-state index contributed by atoms with van der Waals surface area (Å²) in [5, 5.41) is 17.3. The Morgan fingerprint density at radius 1 is 0.611 bits per heavy atom. The van der Waals surface area contributed by atoms with Gasteiger partial charge in [0.1, 0.15) is 30.5 Å². The third kappa shape index (κ3) is 17.1. The van der Waals surface area contributed by atoms with Gasteiger partial charge in [-0.2, -0.15) is 0 Å². The van der Waals surface area contributed by atoms with Crippen molar-refractivity contribution in [1.29, 1.82) is 0 Å². The molecular weight excluding hydrogens is 917 g/mol. The Morgan fingerprint density at radius 2 is 1.07 bits per heavy atom. The summed E-state index contributed by atoms with van der Waals surface area (Å²) in [6, 6.07) is 22.1. The van der Waals surface area contributed by atoms with E-state index in [2.05, 4.69) is 70.0 Å². The summed E-state index contributed by atoms with van der Waals surface area (Å²) in [5.41, 5.74) is 1.41. The largest absolute Gasteiger partial charge is 0.348 e. The maximum absolute atomic E-state index is 14.2. The van der Waals surface area contributed by atoms with Crippen LogP contribution in [0.15, 0.2) is 84.9 Å². The number of nitrogens with one attached hydrogen (secondary N) is 6. The number of carbonyl (C=O) groups excluding carboxylic acids is 8. The minimum atomic E-state index is -1.08. The molecule has 2 saturated heterocycles. The van der Waals surface area contributed by atoms with Crippen molar-refractivity contribution >= 4 is 48.1 Å². The highest BCUT2D eigenvalue weighted by Gasteiger charge is 2.44. The summed E-state index contributed by atoms with van der Waals surface area (Å²) >= 11 is 0. The summed E-state index contributed by atoms with van der Waals surface area (Å²) in [6.07, 6.45) is 1.08. The van der Waals surface area contributed by atoms with Gasteiger partial charge >= 0.3 is 0 Å². The molecule has 6 N–H and O–H groups in total. The molecule has 6 atom stereocenters. The van der Waals surface area contributed by atoms with E-state index in [1.165, 1.54) is 49.4 Å². The van der Waals surface area contributed by atoms with Gasteiger partial charge in [-0.15, -0.1) is 0 Å². The Kier molecular flexibility index (Phi) is 23.7. The van der Waals surface area contributed by atoms with E-state index in [0.717, 1.165) is 12.1 Å². The van der Waals surface area contributed by atoms with Gasteiger partial charge in [0.2, 0.25) is 30.0 Å². The van der Waals surface area contributed by atoms with Gasteiger partial charge in [-0.05, 0) is 87.8 Å². The van der Waals surface area contributed by atoms with Crippen LogP contribution in [-0.4, -0.2) is 165 Å².